The largest absolute Gasteiger partial charge is 0.495 e. The number of nitrogens with one attached hydrogen (secondary N) is 1. The molecule has 1 amide bonds. The Bertz CT molecular complexity index is 724. The smallest absolute Gasteiger partial charge is 0.246 e. The Morgan fingerprint density at radius 2 is 2.15 bits per heavy atom. The number of halogens is 1. The molecule has 1 aliphatic heterocycles. The molecule has 0 aliphatic carbocycles. The number of carbonyl (C=O) groups is 1. The van der Waals surface area contributed by atoms with E-state index in [1.54, 1.807) is 0 Å². The van der Waals surface area contributed by atoms with Crippen molar-refractivity contribution in [1.82, 2.24) is 9.62 Å². The summed E-state index contributed by atoms with van der Waals surface area (Å²) >= 11 is 0. The Hall–Kier alpha value is -1.67. The van der Waals surface area contributed by atoms with Crippen molar-refractivity contribution in [1.29, 1.82) is 0 Å². The molecule has 0 bridgehead atoms. The molecule has 1 aromatic carbocycles. The lowest BCUT2D eigenvalue weighted by molar-refractivity contribution is -0.126. The van der Waals surface area contributed by atoms with Crippen LogP contribution in [0.1, 0.15) is 39.0 Å². The molecule has 1 atom stereocenters. The summed E-state index contributed by atoms with van der Waals surface area (Å²) in [6.45, 7) is 3.10. The molecule has 2 rings (SSSR count). The number of nitrogens with zero attached hydrogens (tertiary/aromatic N) is 1. The summed E-state index contributed by atoms with van der Waals surface area (Å²) in [6.07, 6.45) is 4.26. The van der Waals surface area contributed by atoms with Crippen molar-refractivity contribution >= 4 is 15.9 Å². The SMILES string of the molecule is CCCCCNC(=O)C1CCCN(S(=O)(=O)c2cc(F)ccc2OC)C1. The van der Waals surface area contributed by atoms with Crippen LogP contribution < -0.4 is 10.1 Å². The van der Waals surface area contributed by atoms with E-state index >= 15 is 0 Å². The maximum Gasteiger partial charge on any atom is 0.246 e. The van der Waals surface area contributed by atoms with Crippen molar-refractivity contribution in [3.63, 3.8) is 0 Å². The third kappa shape index (κ3) is 4.94. The van der Waals surface area contributed by atoms with E-state index in [1.165, 1.54) is 17.5 Å². The summed E-state index contributed by atoms with van der Waals surface area (Å²) in [6, 6.07) is 3.41. The second-order valence-electron chi connectivity index (χ2n) is 6.50. The van der Waals surface area contributed by atoms with Crippen molar-refractivity contribution in [2.75, 3.05) is 26.7 Å². The topological polar surface area (TPSA) is 75.7 Å². The van der Waals surface area contributed by atoms with Gasteiger partial charge in [0.15, 0.2) is 0 Å². The first-order chi connectivity index (χ1) is 12.4. The number of hydrogen-bond acceptors (Lipinski definition) is 4. The Kier molecular flexibility index (Phi) is 7.40. The highest BCUT2D eigenvalue weighted by atomic mass is 32.2. The molecule has 1 aliphatic rings. The third-order valence-electron chi connectivity index (χ3n) is 4.58. The van der Waals surface area contributed by atoms with E-state index in [2.05, 4.69) is 12.2 Å². The fourth-order valence-corrected chi connectivity index (χ4v) is 4.79. The highest BCUT2D eigenvalue weighted by molar-refractivity contribution is 7.89. The van der Waals surface area contributed by atoms with Gasteiger partial charge in [-0.1, -0.05) is 19.8 Å². The summed E-state index contributed by atoms with van der Waals surface area (Å²) in [5.74, 6) is -1.06. The first-order valence-corrected chi connectivity index (χ1v) is 10.5. The van der Waals surface area contributed by atoms with Gasteiger partial charge in [-0.2, -0.15) is 4.31 Å². The van der Waals surface area contributed by atoms with Crippen molar-refractivity contribution < 1.29 is 22.3 Å². The van der Waals surface area contributed by atoms with Crippen LogP contribution in [-0.2, 0) is 14.8 Å². The van der Waals surface area contributed by atoms with Gasteiger partial charge in [-0.3, -0.25) is 4.79 Å². The van der Waals surface area contributed by atoms with Crippen LogP contribution in [0.5, 0.6) is 5.75 Å². The number of amides is 1. The monoisotopic (exact) mass is 386 g/mol. The molecule has 1 saturated heterocycles. The highest BCUT2D eigenvalue weighted by Gasteiger charge is 2.34. The second-order valence-corrected chi connectivity index (χ2v) is 8.40. The van der Waals surface area contributed by atoms with Gasteiger partial charge >= 0.3 is 0 Å². The van der Waals surface area contributed by atoms with Crippen molar-refractivity contribution in [3.05, 3.63) is 24.0 Å². The first kappa shape index (κ1) is 20.6. The fraction of sp³-hybridized carbons (Fsp3) is 0.611. The molecule has 0 radical (unpaired) electrons. The molecule has 1 heterocycles. The predicted molar refractivity (Wildman–Crippen MR) is 97.0 cm³/mol. The van der Waals surface area contributed by atoms with E-state index in [4.69, 9.17) is 4.74 Å². The standard InChI is InChI=1S/C18H27FN2O4S/c1-3-4-5-10-20-18(22)14-7-6-11-21(13-14)26(23,24)17-12-15(19)8-9-16(17)25-2/h8-9,12,14H,3-7,10-11,13H2,1-2H3,(H,20,22). The molecule has 1 N–H and O–H groups in total. The zero-order chi connectivity index (χ0) is 19.2. The number of ether oxygens (including phenoxy) is 1. The third-order valence-corrected chi connectivity index (χ3v) is 6.46. The average molecular weight is 386 g/mol. The van der Waals surface area contributed by atoms with Gasteiger partial charge in [-0.25, -0.2) is 12.8 Å². The van der Waals surface area contributed by atoms with Crippen LogP contribution in [0.4, 0.5) is 4.39 Å². The van der Waals surface area contributed by atoms with E-state index in [1.807, 2.05) is 0 Å². The molecule has 0 saturated carbocycles. The number of carbonyl (C=O) groups excluding carboxylic acids is 1. The second kappa shape index (κ2) is 9.32. The van der Waals surface area contributed by atoms with E-state index in [9.17, 15) is 17.6 Å². The van der Waals surface area contributed by atoms with Crippen LogP contribution in [0.3, 0.4) is 0 Å². The number of rotatable bonds is 8. The summed E-state index contributed by atoms with van der Waals surface area (Å²) < 4.78 is 45.8. The van der Waals surface area contributed by atoms with Crippen LogP contribution in [0.15, 0.2) is 23.1 Å². The van der Waals surface area contributed by atoms with Crippen molar-refractivity contribution in [3.8, 4) is 5.75 Å². The van der Waals surface area contributed by atoms with E-state index in [-0.39, 0.29) is 29.0 Å². The molecule has 1 fully saturated rings. The summed E-state index contributed by atoms with van der Waals surface area (Å²) in [7, 11) is -2.59. The number of benzene rings is 1. The van der Waals surface area contributed by atoms with Gasteiger partial charge in [-0.15, -0.1) is 0 Å². The molecular formula is C18H27FN2O4S. The minimum absolute atomic E-state index is 0.0949. The number of piperidine rings is 1. The molecular weight excluding hydrogens is 359 g/mol. The number of sulfonamides is 1. The van der Waals surface area contributed by atoms with Gasteiger partial charge in [-0.05, 0) is 37.5 Å². The van der Waals surface area contributed by atoms with Gasteiger partial charge in [0.1, 0.15) is 16.5 Å². The normalized spacial score (nSPS) is 18.5. The molecule has 6 nitrogen and oxygen atoms in total. The molecule has 146 valence electrons. The van der Waals surface area contributed by atoms with Gasteiger partial charge in [0.05, 0.1) is 13.0 Å². The Labute approximate surface area is 154 Å². The molecule has 0 spiro atoms. The Balaban J connectivity index is 2.10. The Morgan fingerprint density at radius 3 is 2.85 bits per heavy atom. The maximum atomic E-state index is 13.6. The van der Waals surface area contributed by atoms with Gasteiger partial charge in [0.2, 0.25) is 15.9 Å². The van der Waals surface area contributed by atoms with E-state index in [0.29, 0.717) is 25.9 Å². The fourth-order valence-electron chi connectivity index (χ4n) is 3.10. The van der Waals surface area contributed by atoms with Crippen LogP contribution in [-0.4, -0.2) is 45.4 Å². The quantitative estimate of drug-likeness (QED) is 0.697. The summed E-state index contributed by atoms with van der Waals surface area (Å²) in [5, 5.41) is 2.89. The lowest BCUT2D eigenvalue weighted by Gasteiger charge is -2.31. The molecule has 1 aromatic rings. The minimum Gasteiger partial charge on any atom is -0.495 e. The van der Waals surface area contributed by atoms with Crippen molar-refractivity contribution in [2.24, 2.45) is 5.92 Å². The van der Waals surface area contributed by atoms with Crippen LogP contribution >= 0.6 is 0 Å². The minimum atomic E-state index is -3.93. The lowest BCUT2D eigenvalue weighted by atomic mass is 9.99. The number of unbranched alkanes of at least 4 members (excludes halogenated alkanes) is 2. The average Bonchev–Trinajstić information content (AvgIpc) is 2.65. The van der Waals surface area contributed by atoms with Crippen LogP contribution in [0, 0.1) is 11.7 Å². The van der Waals surface area contributed by atoms with Gasteiger partial charge in [0.25, 0.3) is 0 Å². The van der Waals surface area contributed by atoms with Crippen molar-refractivity contribution in [2.45, 2.75) is 43.9 Å². The van der Waals surface area contributed by atoms with Gasteiger partial charge in [0, 0.05) is 19.6 Å². The zero-order valence-electron chi connectivity index (χ0n) is 15.3. The summed E-state index contributed by atoms with van der Waals surface area (Å²) in [5.41, 5.74) is 0. The summed E-state index contributed by atoms with van der Waals surface area (Å²) in [4.78, 5) is 12.1. The maximum absolute atomic E-state index is 13.6. The predicted octanol–water partition coefficient (Wildman–Crippen LogP) is 2.54. The first-order valence-electron chi connectivity index (χ1n) is 9.01. The highest BCUT2D eigenvalue weighted by Crippen LogP contribution is 2.30. The number of hydrogen-bond donors (Lipinski definition) is 1. The molecule has 0 aromatic heterocycles. The van der Waals surface area contributed by atoms with Crippen LogP contribution in [0.2, 0.25) is 0 Å². The molecule has 26 heavy (non-hydrogen) atoms. The van der Waals surface area contributed by atoms with Gasteiger partial charge < -0.3 is 10.1 Å². The van der Waals surface area contributed by atoms with Crippen LogP contribution in [0.25, 0.3) is 0 Å². The van der Waals surface area contributed by atoms with E-state index < -0.39 is 15.8 Å². The number of methoxy groups -OCH3 is 1. The lowest BCUT2D eigenvalue weighted by Crippen LogP contribution is -2.45. The molecule has 1 unspecified atom stereocenters. The Morgan fingerprint density at radius 1 is 1.38 bits per heavy atom. The molecule has 8 heteroatoms. The van der Waals surface area contributed by atoms with E-state index in [0.717, 1.165) is 31.4 Å². The zero-order valence-corrected chi connectivity index (χ0v) is 16.1.